The molecule has 2 rings (SSSR count). The van der Waals surface area contributed by atoms with Gasteiger partial charge in [0.05, 0.1) is 10.6 Å². The molecule has 86 valence electrons. The lowest BCUT2D eigenvalue weighted by Gasteiger charge is -2.24. The van der Waals surface area contributed by atoms with E-state index in [0.717, 1.165) is 6.07 Å². The first-order chi connectivity index (χ1) is 7.27. The van der Waals surface area contributed by atoms with Crippen LogP contribution in [0.5, 0.6) is 0 Å². The number of halogens is 4. The second-order valence-corrected chi connectivity index (χ2v) is 3.60. The van der Waals surface area contributed by atoms with Crippen LogP contribution in [0, 0.1) is 0 Å². The number of hydrogen-bond donors (Lipinski definition) is 1. The number of ether oxygens (including phenoxy) is 1. The second-order valence-electron chi connectivity index (χ2n) is 3.19. The number of carbonyl (C=O) groups is 1. The van der Waals surface area contributed by atoms with Gasteiger partial charge in [-0.05, 0) is 6.07 Å². The lowest BCUT2D eigenvalue weighted by atomic mass is 10.0. The van der Waals surface area contributed by atoms with Crippen molar-refractivity contribution in [2.75, 3.05) is 0 Å². The molecule has 0 bridgehead atoms. The van der Waals surface area contributed by atoms with Crippen molar-refractivity contribution >= 4 is 17.6 Å². The zero-order valence-electron chi connectivity index (χ0n) is 7.51. The molecule has 0 unspecified atom stereocenters. The first kappa shape index (κ1) is 11.2. The topological polar surface area (TPSA) is 46.5 Å². The molecule has 0 spiro atoms. The highest BCUT2D eigenvalue weighted by Crippen LogP contribution is 2.47. The first-order valence-corrected chi connectivity index (χ1v) is 4.46. The molecule has 0 fully saturated rings. The second kappa shape index (κ2) is 3.11. The van der Waals surface area contributed by atoms with Gasteiger partial charge in [0.1, 0.15) is 0 Å². The van der Waals surface area contributed by atoms with Crippen molar-refractivity contribution in [3.05, 3.63) is 34.3 Å². The van der Waals surface area contributed by atoms with Gasteiger partial charge in [-0.2, -0.15) is 13.2 Å². The van der Waals surface area contributed by atoms with Crippen molar-refractivity contribution < 1.29 is 27.8 Å². The van der Waals surface area contributed by atoms with Gasteiger partial charge in [0, 0.05) is 5.56 Å². The standard InChI is InChI=1S/C9H4ClF3O3/c10-5-3-1-2-4-6(5)7(14)16-8(4,15)9(11,12)13/h1-3,15H/t8-/m1/s1. The van der Waals surface area contributed by atoms with E-state index in [1.807, 2.05) is 0 Å². The number of rotatable bonds is 0. The van der Waals surface area contributed by atoms with Gasteiger partial charge in [0.25, 0.3) is 0 Å². The number of aliphatic hydroxyl groups is 1. The van der Waals surface area contributed by atoms with Crippen LogP contribution >= 0.6 is 11.6 Å². The van der Waals surface area contributed by atoms with Crippen LogP contribution < -0.4 is 0 Å². The molecule has 0 aromatic heterocycles. The molecular weight excluding hydrogens is 249 g/mol. The largest absolute Gasteiger partial charge is 0.460 e. The summed E-state index contributed by atoms with van der Waals surface area (Å²) in [5, 5.41) is 9.16. The summed E-state index contributed by atoms with van der Waals surface area (Å²) in [6.45, 7) is 0. The highest BCUT2D eigenvalue weighted by molar-refractivity contribution is 6.34. The molecule has 0 radical (unpaired) electrons. The van der Waals surface area contributed by atoms with Crippen molar-refractivity contribution in [3.8, 4) is 0 Å². The van der Waals surface area contributed by atoms with Gasteiger partial charge >= 0.3 is 17.9 Å². The maximum Gasteiger partial charge on any atom is 0.460 e. The molecule has 7 heteroatoms. The smallest absolute Gasteiger partial charge is 0.415 e. The summed E-state index contributed by atoms with van der Waals surface area (Å²) in [7, 11) is 0. The predicted octanol–water partition coefficient (Wildman–Crippen LogP) is 2.22. The van der Waals surface area contributed by atoms with Crippen molar-refractivity contribution in [1.82, 2.24) is 0 Å². The number of cyclic esters (lactones) is 1. The zero-order chi connectivity index (χ0) is 12.1. The maximum absolute atomic E-state index is 12.6. The molecule has 0 amide bonds. The summed E-state index contributed by atoms with van der Waals surface area (Å²) < 4.78 is 41.6. The average Bonchev–Trinajstić information content (AvgIpc) is 2.40. The van der Waals surface area contributed by atoms with E-state index >= 15 is 0 Å². The average molecular weight is 253 g/mol. The number of esters is 1. The molecule has 1 aliphatic heterocycles. The van der Waals surface area contributed by atoms with E-state index in [4.69, 9.17) is 11.6 Å². The molecule has 3 nitrogen and oxygen atoms in total. The van der Waals surface area contributed by atoms with Crippen LogP contribution in [0.3, 0.4) is 0 Å². The van der Waals surface area contributed by atoms with Crippen LogP contribution in [-0.4, -0.2) is 17.3 Å². The molecule has 0 saturated heterocycles. The van der Waals surface area contributed by atoms with E-state index in [-0.39, 0.29) is 5.02 Å². The van der Waals surface area contributed by atoms with Gasteiger partial charge in [0.2, 0.25) is 0 Å². The molecule has 1 aromatic rings. The van der Waals surface area contributed by atoms with Gasteiger partial charge in [0.15, 0.2) is 0 Å². The molecule has 1 atom stereocenters. The Morgan fingerprint density at radius 3 is 2.56 bits per heavy atom. The Labute approximate surface area is 92.4 Å². The van der Waals surface area contributed by atoms with Crippen LogP contribution in [0.2, 0.25) is 5.02 Å². The fourth-order valence-corrected chi connectivity index (χ4v) is 1.72. The van der Waals surface area contributed by atoms with Crippen LogP contribution in [0.1, 0.15) is 15.9 Å². The number of hydrogen-bond acceptors (Lipinski definition) is 3. The molecule has 0 aliphatic carbocycles. The minimum absolute atomic E-state index is 0.192. The molecule has 1 aliphatic rings. The van der Waals surface area contributed by atoms with Crippen molar-refractivity contribution in [2.45, 2.75) is 12.0 Å². The van der Waals surface area contributed by atoms with Crippen molar-refractivity contribution in [1.29, 1.82) is 0 Å². The number of benzene rings is 1. The SMILES string of the molecule is O=C1O[C@@](O)(C(F)(F)F)c2cccc(Cl)c21. The third-order valence-corrected chi connectivity index (χ3v) is 2.52. The quantitative estimate of drug-likeness (QED) is 0.720. The fourth-order valence-electron chi connectivity index (χ4n) is 1.46. The Bertz CT molecular complexity index is 472. The first-order valence-electron chi connectivity index (χ1n) is 4.09. The van der Waals surface area contributed by atoms with Crippen molar-refractivity contribution in [2.24, 2.45) is 0 Å². The normalized spacial score (nSPS) is 24.2. The number of alkyl halides is 3. The summed E-state index contributed by atoms with van der Waals surface area (Å²) in [4.78, 5) is 11.2. The van der Waals surface area contributed by atoms with Crippen LogP contribution in [0.15, 0.2) is 18.2 Å². The van der Waals surface area contributed by atoms with E-state index in [1.165, 1.54) is 12.1 Å². The third-order valence-electron chi connectivity index (χ3n) is 2.21. The van der Waals surface area contributed by atoms with Gasteiger partial charge in [-0.1, -0.05) is 23.7 Å². The summed E-state index contributed by atoms with van der Waals surface area (Å²) in [5.41, 5.74) is -1.14. The lowest BCUT2D eigenvalue weighted by Crippen LogP contribution is -2.42. The van der Waals surface area contributed by atoms with Crippen LogP contribution in [0.25, 0.3) is 0 Å². The predicted molar refractivity (Wildman–Crippen MR) is 46.8 cm³/mol. The maximum atomic E-state index is 12.6. The summed E-state index contributed by atoms with van der Waals surface area (Å²) >= 11 is 5.56. The Balaban J connectivity index is 2.69. The number of carbonyl (C=O) groups excluding carboxylic acids is 1. The third kappa shape index (κ3) is 1.30. The van der Waals surface area contributed by atoms with E-state index < -0.39 is 29.1 Å². The molecule has 1 aromatic carbocycles. The summed E-state index contributed by atoms with van der Waals surface area (Å²) in [6.07, 6.45) is -5.11. The Morgan fingerprint density at radius 2 is 2.00 bits per heavy atom. The molecule has 16 heavy (non-hydrogen) atoms. The van der Waals surface area contributed by atoms with E-state index in [1.54, 1.807) is 0 Å². The highest BCUT2D eigenvalue weighted by Gasteiger charge is 2.64. The van der Waals surface area contributed by atoms with E-state index in [0.29, 0.717) is 0 Å². The summed E-state index contributed by atoms with van der Waals surface area (Å²) in [6, 6.07) is 3.38. The van der Waals surface area contributed by atoms with Gasteiger partial charge < -0.3 is 9.84 Å². The van der Waals surface area contributed by atoms with Gasteiger partial charge in [-0.3, -0.25) is 0 Å². The minimum Gasteiger partial charge on any atom is -0.415 e. The molecule has 0 saturated carbocycles. The lowest BCUT2D eigenvalue weighted by molar-refractivity contribution is -0.349. The van der Waals surface area contributed by atoms with Gasteiger partial charge in [-0.25, -0.2) is 4.79 Å². The van der Waals surface area contributed by atoms with Gasteiger partial charge in [-0.15, -0.1) is 0 Å². The Morgan fingerprint density at radius 1 is 1.38 bits per heavy atom. The summed E-state index contributed by atoms with van der Waals surface area (Å²) in [5.74, 6) is -4.90. The minimum atomic E-state index is -5.11. The monoisotopic (exact) mass is 252 g/mol. The molecular formula is C9H4ClF3O3. The van der Waals surface area contributed by atoms with E-state index in [2.05, 4.69) is 4.74 Å². The molecule has 1 N–H and O–H groups in total. The Hall–Kier alpha value is -1.27. The molecule has 1 heterocycles. The number of fused-ring (bicyclic) bond motifs is 1. The van der Waals surface area contributed by atoms with Crippen LogP contribution in [0.4, 0.5) is 13.2 Å². The Kier molecular flexibility index (Phi) is 2.18. The van der Waals surface area contributed by atoms with Crippen molar-refractivity contribution in [3.63, 3.8) is 0 Å². The van der Waals surface area contributed by atoms with Crippen LogP contribution in [-0.2, 0) is 10.5 Å². The highest BCUT2D eigenvalue weighted by atomic mass is 35.5. The van der Waals surface area contributed by atoms with E-state index in [9.17, 15) is 23.1 Å². The zero-order valence-corrected chi connectivity index (χ0v) is 8.26. The fraction of sp³-hybridized carbons (Fsp3) is 0.222.